The first-order valence-corrected chi connectivity index (χ1v) is 8.80. The number of aryl methyl sites for hydroxylation is 1. The Balaban J connectivity index is 1.74. The Morgan fingerprint density at radius 3 is 2.24 bits per heavy atom. The number of piperazine rings is 1. The van der Waals surface area contributed by atoms with Gasteiger partial charge >= 0.3 is 0 Å². The van der Waals surface area contributed by atoms with Gasteiger partial charge in [-0.2, -0.15) is 0 Å². The molecule has 0 radical (unpaired) electrons. The summed E-state index contributed by atoms with van der Waals surface area (Å²) < 4.78 is 0. The fourth-order valence-electron chi connectivity index (χ4n) is 2.91. The van der Waals surface area contributed by atoms with Gasteiger partial charge < -0.3 is 15.1 Å². The predicted molar refractivity (Wildman–Crippen MR) is 96.1 cm³/mol. The number of nitrogens with zero attached hydrogens (tertiary/aromatic N) is 2. The largest absolute Gasteiger partial charge is 0.352 e. The van der Waals surface area contributed by atoms with E-state index in [1.54, 1.807) is 11.0 Å². The first-order valence-electron chi connectivity index (χ1n) is 8.80. The van der Waals surface area contributed by atoms with Crippen LogP contribution < -0.4 is 5.32 Å². The molecule has 3 amide bonds. The van der Waals surface area contributed by atoms with Crippen molar-refractivity contribution in [2.24, 2.45) is 5.92 Å². The monoisotopic (exact) mass is 345 g/mol. The number of benzene rings is 1. The molecular formula is C19H27N3O3. The number of amides is 3. The fraction of sp³-hybridized carbons (Fsp3) is 0.526. The summed E-state index contributed by atoms with van der Waals surface area (Å²) in [6, 6.07) is 7.37. The SMILES string of the molecule is Cc1ccccc1C(=O)NCCC(=O)N1CCN(C(=O)C(C)C)CC1. The van der Waals surface area contributed by atoms with Gasteiger partial charge in [0.1, 0.15) is 0 Å². The molecule has 0 atom stereocenters. The molecule has 1 aliphatic rings. The van der Waals surface area contributed by atoms with E-state index < -0.39 is 0 Å². The van der Waals surface area contributed by atoms with Crippen molar-refractivity contribution in [1.82, 2.24) is 15.1 Å². The molecule has 1 aromatic carbocycles. The van der Waals surface area contributed by atoms with E-state index in [1.165, 1.54) is 0 Å². The van der Waals surface area contributed by atoms with E-state index in [0.29, 0.717) is 38.3 Å². The van der Waals surface area contributed by atoms with E-state index in [9.17, 15) is 14.4 Å². The molecule has 6 heteroatoms. The molecule has 1 heterocycles. The van der Waals surface area contributed by atoms with Crippen molar-refractivity contribution in [3.8, 4) is 0 Å². The Bertz CT molecular complexity index is 635. The van der Waals surface area contributed by atoms with Crippen LogP contribution in [0.25, 0.3) is 0 Å². The Kier molecular flexibility index (Phi) is 6.56. The lowest BCUT2D eigenvalue weighted by Crippen LogP contribution is -2.51. The van der Waals surface area contributed by atoms with Gasteiger partial charge in [-0.3, -0.25) is 14.4 Å². The normalized spacial score (nSPS) is 14.6. The van der Waals surface area contributed by atoms with Gasteiger partial charge in [0.15, 0.2) is 0 Å². The number of carbonyl (C=O) groups excluding carboxylic acids is 3. The standard InChI is InChI=1S/C19H27N3O3/c1-14(2)19(25)22-12-10-21(11-13-22)17(23)8-9-20-18(24)16-7-5-4-6-15(16)3/h4-7,14H,8-13H2,1-3H3,(H,20,24). The Morgan fingerprint density at radius 1 is 1.04 bits per heavy atom. The quantitative estimate of drug-likeness (QED) is 0.878. The van der Waals surface area contributed by atoms with E-state index in [4.69, 9.17) is 0 Å². The van der Waals surface area contributed by atoms with Gasteiger partial charge in [0.25, 0.3) is 5.91 Å². The van der Waals surface area contributed by atoms with Crippen LogP contribution in [-0.2, 0) is 9.59 Å². The summed E-state index contributed by atoms with van der Waals surface area (Å²) in [5.74, 6) is -0.0171. The summed E-state index contributed by atoms with van der Waals surface area (Å²) in [5, 5.41) is 2.80. The summed E-state index contributed by atoms with van der Waals surface area (Å²) in [5.41, 5.74) is 1.55. The van der Waals surface area contributed by atoms with Crippen LogP contribution in [0.5, 0.6) is 0 Å². The third kappa shape index (κ3) is 5.05. The molecule has 0 saturated carbocycles. The Hall–Kier alpha value is -2.37. The smallest absolute Gasteiger partial charge is 0.251 e. The third-order valence-electron chi connectivity index (χ3n) is 4.45. The maximum Gasteiger partial charge on any atom is 0.251 e. The minimum absolute atomic E-state index is 0.0149. The second-order valence-electron chi connectivity index (χ2n) is 6.68. The van der Waals surface area contributed by atoms with Crippen LogP contribution in [-0.4, -0.2) is 60.2 Å². The third-order valence-corrected chi connectivity index (χ3v) is 4.45. The van der Waals surface area contributed by atoms with Gasteiger partial charge in [-0.15, -0.1) is 0 Å². The van der Waals surface area contributed by atoms with Crippen LogP contribution in [0.2, 0.25) is 0 Å². The van der Waals surface area contributed by atoms with Crippen molar-refractivity contribution >= 4 is 17.7 Å². The first-order chi connectivity index (χ1) is 11.9. The molecule has 0 bridgehead atoms. The lowest BCUT2D eigenvalue weighted by Gasteiger charge is -2.35. The molecule has 6 nitrogen and oxygen atoms in total. The van der Waals surface area contributed by atoms with Gasteiger partial charge in [-0.25, -0.2) is 0 Å². The molecule has 0 aromatic heterocycles. The van der Waals surface area contributed by atoms with Crippen molar-refractivity contribution < 1.29 is 14.4 Å². The molecule has 0 unspecified atom stereocenters. The zero-order valence-corrected chi connectivity index (χ0v) is 15.2. The number of nitrogens with one attached hydrogen (secondary N) is 1. The van der Waals surface area contributed by atoms with Crippen molar-refractivity contribution in [3.05, 3.63) is 35.4 Å². The van der Waals surface area contributed by atoms with E-state index in [0.717, 1.165) is 5.56 Å². The lowest BCUT2D eigenvalue weighted by molar-refractivity contribution is -0.141. The molecule has 136 valence electrons. The van der Waals surface area contributed by atoms with Gasteiger partial charge in [0.05, 0.1) is 0 Å². The molecule has 0 spiro atoms. The minimum Gasteiger partial charge on any atom is -0.352 e. The summed E-state index contributed by atoms with van der Waals surface area (Å²) in [7, 11) is 0. The minimum atomic E-state index is -0.154. The highest BCUT2D eigenvalue weighted by molar-refractivity contribution is 5.95. The van der Waals surface area contributed by atoms with Crippen molar-refractivity contribution in [2.75, 3.05) is 32.7 Å². The lowest BCUT2D eigenvalue weighted by atomic mass is 10.1. The van der Waals surface area contributed by atoms with Crippen LogP contribution in [0.15, 0.2) is 24.3 Å². The highest BCUT2D eigenvalue weighted by Crippen LogP contribution is 2.09. The summed E-state index contributed by atoms with van der Waals surface area (Å²) >= 11 is 0. The maximum atomic E-state index is 12.3. The van der Waals surface area contributed by atoms with Gasteiger partial charge in [-0.05, 0) is 18.6 Å². The zero-order valence-electron chi connectivity index (χ0n) is 15.2. The number of hydrogen-bond acceptors (Lipinski definition) is 3. The highest BCUT2D eigenvalue weighted by atomic mass is 16.2. The molecule has 1 fully saturated rings. The number of rotatable bonds is 5. The highest BCUT2D eigenvalue weighted by Gasteiger charge is 2.25. The average Bonchev–Trinajstić information content (AvgIpc) is 2.61. The molecular weight excluding hydrogens is 318 g/mol. The fourth-order valence-corrected chi connectivity index (χ4v) is 2.91. The molecule has 25 heavy (non-hydrogen) atoms. The van der Waals surface area contributed by atoms with Crippen molar-refractivity contribution in [1.29, 1.82) is 0 Å². The van der Waals surface area contributed by atoms with E-state index in [1.807, 2.05) is 43.9 Å². The summed E-state index contributed by atoms with van der Waals surface area (Å²) in [6.07, 6.45) is 0.274. The van der Waals surface area contributed by atoms with Crippen LogP contribution >= 0.6 is 0 Å². The van der Waals surface area contributed by atoms with Crippen LogP contribution in [0.3, 0.4) is 0 Å². The predicted octanol–water partition coefficient (Wildman–Crippen LogP) is 1.44. The average molecular weight is 345 g/mol. The second-order valence-corrected chi connectivity index (χ2v) is 6.68. The molecule has 1 saturated heterocycles. The van der Waals surface area contributed by atoms with Crippen LogP contribution in [0.1, 0.15) is 36.2 Å². The van der Waals surface area contributed by atoms with Crippen molar-refractivity contribution in [2.45, 2.75) is 27.2 Å². The van der Waals surface area contributed by atoms with Crippen LogP contribution in [0.4, 0.5) is 0 Å². The Morgan fingerprint density at radius 2 is 1.64 bits per heavy atom. The second kappa shape index (κ2) is 8.65. The Labute approximate surface area is 149 Å². The van der Waals surface area contributed by atoms with E-state index in [2.05, 4.69) is 5.32 Å². The van der Waals surface area contributed by atoms with Gasteiger partial charge in [0, 0.05) is 50.6 Å². The molecule has 2 rings (SSSR count). The van der Waals surface area contributed by atoms with Gasteiger partial charge in [0.2, 0.25) is 11.8 Å². The van der Waals surface area contributed by atoms with E-state index >= 15 is 0 Å². The van der Waals surface area contributed by atoms with E-state index in [-0.39, 0.29) is 30.1 Å². The van der Waals surface area contributed by atoms with Crippen LogP contribution in [0, 0.1) is 12.8 Å². The molecule has 1 aromatic rings. The molecule has 1 N–H and O–H groups in total. The summed E-state index contributed by atoms with van der Waals surface area (Å²) in [6.45, 7) is 8.26. The molecule has 0 aliphatic carbocycles. The van der Waals surface area contributed by atoms with Crippen molar-refractivity contribution in [3.63, 3.8) is 0 Å². The number of hydrogen-bond donors (Lipinski definition) is 1. The first kappa shape index (κ1) is 19.0. The van der Waals surface area contributed by atoms with Gasteiger partial charge in [-0.1, -0.05) is 32.0 Å². The topological polar surface area (TPSA) is 69.7 Å². The zero-order chi connectivity index (χ0) is 18.4. The maximum absolute atomic E-state index is 12.3. The summed E-state index contributed by atoms with van der Waals surface area (Å²) in [4.78, 5) is 39.9. The number of carbonyl (C=O) groups is 3. The molecule has 1 aliphatic heterocycles.